The Morgan fingerprint density at radius 1 is 1.19 bits per heavy atom. The second-order valence-corrected chi connectivity index (χ2v) is 13.4. The van der Waals surface area contributed by atoms with Crippen LogP contribution in [0.25, 0.3) is 16.5 Å². The number of ether oxygens (including phenoxy) is 1. The summed E-state index contributed by atoms with van der Waals surface area (Å²) in [5.74, 6) is -1.64. The highest BCUT2D eigenvalue weighted by atomic mass is 35.5. The Hall–Kier alpha value is -4.58. The van der Waals surface area contributed by atoms with Gasteiger partial charge in [-0.25, -0.2) is 13.8 Å². The number of hydrogen-bond donors (Lipinski definition) is 0. The van der Waals surface area contributed by atoms with E-state index in [0.717, 1.165) is 24.8 Å². The molecule has 48 heavy (non-hydrogen) atoms. The molecule has 5 heterocycles. The Labute approximate surface area is 282 Å². The summed E-state index contributed by atoms with van der Waals surface area (Å²) >= 11 is 6.61. The van der Waals surface area contributed by atoms with Crippen LogP contribution in [-0.2, 0) is 9.53 Å². The number of benzene rings is 2. The number of dihydropyridines is 1. The number of aliphatic imine (C=N–C) groups is 2. The first-order chi connectivity index (χ1) is 23.3. The topological polar surface area (TPSA) is 108 Å². The van der Waals surface area contributed by atoms with Gasteiger partial charge in [0.05, 0.1) is 30.0 Å². The molecule has 1 amide bonds. The van der Waals surface area contributed by atoms with E-state index in [9.17, 15) is 19.7 Å². The van der Waals surface area contributed by atoms with Crippen molar-refractivity contribution in [2.24, 2.45) is 15.9 Å². The molecular weight excluding hydrogens is 636 g/mol. The van der Waals surface area contributed by atoms with Crippen molar-refractivity contribution >= 4 is 46.1 Å². The third-order valence-corrected chi connectivity index (χ3v) is 10.6. The zero-order valence-electron chi connectivity index (χ0n) is 26.3. The van der Waals surface area contributed by atoms with Crippen molar-refractivity contribution in [2.75, 3.05) is 39.3 Å². The number of fused-ring (bicyclic) bond motifs is 3. The molecule has 0 radical (unpaired) electrons. The summed E-state index contributed by atoms with van der Waals surface area (Å²) in [6, 6.07) is 13.8. The van der Waals surface area contributed by atoms with E-state index in [1.54, 1.807) is 23.2 Å². The number of nitriles is 2. The highest BCUT2D eigenvalue weighted by molar-refractivity contribution is 6.36. The van der Waals surface area contributed by atoms with Gasteiger partial charge in [0, 0.05) is 60.5 Å². The van der Waals surface area contributed by atoms with Crippen LogP contribution in [0.5, 0.6) is 0 Å². The zero-order chi connectivity index (χ0) is 33.6. The normalized spacial score (nSPS) is 28.6. The third-order valence-electron chi connectivity index (χ3n) is 10.3. The second-order valence-electron chi connectivity index (χ2n) is 13.0. The largest absolute Gasteiger partial charge is 0.475 e. The van der Waals surface area contributed by atoms with Crippen LogP contribution >= 0.6 is 11.6 Å². The van der Waals surface area contributed by atoms with Crippen molar-refractivity contribution < 1.29 is 18.3 Å². The van der Waals surface area contributed by atoms with Crippen LogP contribution in [0.4, 0.5) is 8.78 Å². The van der Waals surface area contributed by atoms with E-state index in [0.29, 0.717) is 41.2 Å². The number of alkyl halides is 1. The lowest BCUT2D eigenvalue weighted by Crippen LogP contribution is -2.56. The SMILES string of the molecule is C=CC(=O)N1CCN(C2=C(C#N)C(OC[C@@]34CCCN3C[C@H](F)C4)=NC3C(F)=C(c4cccc5cccc(Cl)c45)N=CC23)C[C@@H]1CC#N. The maximum Gasteiger partial charge on any atom is 0.246 e. The smallest absolute Gasteiger partial charge is 0.246 e. The third kappa shape index (κ3) is 5.35. The first-order valence-electron chi connectivity index (χ1n) is 16.2. The first kappa shape index (κ1) is 32.0. The Morgan fingerprint density at radius 3 is 2.77 bits per heavy atom. The van der Waals surface area contributed by atoms with Crippen LogP contribution in [0.1, 0.15) is 31.2 Å². The summed E-state index contributed by atoms with van der Waals surface area (Å²) in [5.41, 5.74) is 0.720. The van der Waals surface area contributed by atoms with Crippen molar-refractivity contribution in [2.45, 2.75) is 49.5 Å². The van der Waals surface area contributed by atoms with E-state index >= 15 is 4.39 Å². The summed E-state index contributed by atoms with van der Waals surface area (Å²) in [5, 5.41) is 22.2. The van der Waals surface area contributed by atoms with Gasteiger partial charge in [0.15, 0.2) is 5.83 Å². The molecule has 3 saturated heterocycles. The van der Waals surface area contributed by atoms with Crippen LogP contribution < -0.4 is 0 Å². The molecule has 5 aliphatic rings. The number of piperazine rings is 1. The van der Waals surface area contributed by atoms with Gasteiger partial charge in [-0.15, -0.1) is 0 Å². The molecule has 0 spiro atoms. The van der Waals surface area contributed by atoms with Crippen molar-refractivity contribution in [3.05, 3.63) is 76.7 Å². The Kier molecular flexibility index (Phi) is 8.53. The lowest BCUT2D eigenvalue weighted by molar-refractivity contribution is -0.130. The van der Waals surface area contributed by atoms with E-state index in [2.05, 4.69) is 28.6 Å². The molecular formula is C36H34ClF2N7O2. The zero-order valence-corrected chi connectivity index (χ0v) is 27.0. The average molecular weight is 670 g/mol. The molecule has 0 aliphatic carbocycles. The predicted octanol–water partition coefficient (Wildman–Crippen LogP) is 5.60. The number of amides is 1. The summed E-state index contributed by atoms with van der Waals surface area (Å²) in [6.07, 6.45) is 3.94. The number of carbonyl (C=O) groups excluding carboxylic acids is 1. The van der Waals surface area contributed by atoms with Crippen LogP contribution in [0.15, 0.2) is 76.1 Å². The van der Waals surface area contributed by atoms with E-state index in [1.807, 2.05) is 29.2 Å². The number of hydrogen-bond acceptors (Lipinski definition) is 8. The van der Waals surface area contributed by atoms with E-state index in [1.165, 1.54) is 6.08 Å². The molecule has 0 bridgehead atoms. The molecule has 246 valence electrons. The summed E-state index contributed by atoms with van der Waals surface area (Å²) < 4.78 is 37.9. The molecule has 9 nitrogen and oxygen atoms in total. The minimum atomic E-state index is -1.10. The van der Waals surface area contributed by atoms with E-state index < -0.39 is 35.5 Å². The molecule has 7 rings (SSSR count). The highest BCUT2D eigenvalue weighted by Gasteiger charge is 2.50. The Morgan fingerprint density at radius 2 is 2.00 bits per heavy atom. The maximum absolute atomic E-state index is 17.0. The quantitative estimate of drug-likeness (QED) is 0.371. The average Bonchev–Trinajstić information content (AvgIpc) is 3.62. The molecule has 5 aliphatic heterocycles. The number of nitrogens with zero attached hydrogens (tertiary/aromatic N) is 7. The summed E-state index contributed by atoms with van der Waals surface area (Å²) in [7, 11) is 0. The minimum Gasteiger partial charge on any atom is -0.475 e. The fraction of sp³-hybridized carbons (Fsp3) is 0.417. The van der Waals surface area contributed by atoms with E-state index in [4.69, 9.17) is 21.3 Å². The van der Waals surface area contributed by atoms with Gasteiger partial charge in [0.25, 0.3) is 0 Å². The molecule has 3 fully saturated rings. The summed E-state index contributed by atoms with van der Waals surface area (Å²) in [4.78, 5) is 27.7. The number of rotatable bonds is 6. The highest BCUT2D eigenvalue weighted by Crippen LogP contribution is 2.44. The number of halogens is 3. The Bertz CT molecular complexity index is 1890. The van der Waals surface area contributed by atoms with Crippen LogP contribution in [0.2, 0.25) is 5.02 Å². The molecule has 2 aromatic carbocycles. The van der Waals surface area contributed by atoms with Crippen molar-refractivity contribution in [3.8, 4) is 12.1 Å². The van der Waals surface area contributed by atoms with Crippen LogP contribution in [-0.4, -0.2) is 95.8 Å². The van der Waals surface area contributed by atoms with E-state index in [-0.39, 0.29) is 49.2 Å². The lowest BCUT2D eigenvalue weighted by atomic mass is 9.85. The molecule has 5 atom stereocenters. The minimum absolute atomic E-state index is 0.000494. The van der Waals surface area contributed by atoms with Gasteiger partial charge in [0.2, 0.25) is 11.8 Å². The van der Waals surface area contributed by atoms with Gasteiger partial charge >= 0.3 is 0 Å². The fourth-order valence-electron chi connectivity index (χ4n) is 8.11. The van der Waals surface area contributed by atoms with Crippen molar-refractivity contribution in [1.29, 1.82) is 10.5 Å². The number of carbonyl (C=O) groups is 1. The van der Waals surface area contributed by atoms with Gasteiger partial charge in [0.1, 0.15) is 36.2 Å². The molecule has 2 unspecified atom stereocenters. The van der Waals surface area contributed by atoms with Gasteiger partial charge in [-0.1, -0.05) is 48.5 Å². The van der Waals surface area contributed by atoms with Crippen molar-refractivity contribution in [1.82, 2.24) is 14.7 Å². The second kappa shape index (κ2) is 12.8. The molecule has 12 heteroatoms. The monoisotopic (exact) mass is 669 g/mol. The van der Waals surface area contributed by atoms with Crippen LogP contribution in [0, 0.1) is 28.6 Å². The molecule has 0 saturated carbocycles. The van der Waals surface area contributed by atoms with Gasteiger partial charge in [-0.2, -0.15) is 10.5 Å². The predicted molar refractivity (Wildman–Crippen MR) is 179 cm³/mol. The maximum atomic E-state index is 17.0. The standard InChI is InChI=1S/C36H34ClF2N7O2/c1-2-29(47)46-15-14-44(20-24(46)10-12-40)34-26(17-41)35(48-21-36-11-5-13-45(36)19-23(38)16-36)43-33-27(34)18-42-32(31(33)39)25-8-3-6-22-7-4-9-28(37)30(22)25/h2-4,6-9,18,23-24,27,33H,1,5,10-11,13-16,19-21H2/t23-,24+,27?,33?,36+/m1/s1. The van der Waals surface area contributed by atoms with Gasteiger partial charge in [-0.3, -0.25) is 14.7 Å². The molecule has 0 N–H and O–H groups in total. The van der Waals surface area contributed by atoms with Gasteiger partial charge in [-0.05, 0) is 36.9 Å². The Balaban J connectivity index is 1.31. The van der Waals surface area contributed by atoms with Crippen molar-refractivity contribution in [3.63, 3.8) is 0 Å². The van der Waals surface area contributed by atoms with Gasteiger partial charge < -0.3 is 14.5 Å². The fourth-order valence-corrected chi connectivity index (χ4v) is 8.39. The lowest BCUT2D eigenvalue weighted by Gasteiger charge is -2.45. The van der Waals surface area contributed by atoms with Crippen LogP contribution in [0.3, 0.4) is 0 Å². The summed E-state index contributed by atoms with van der Waals surface area (Å²) in [6.45, 7) is 5.66. The molecule has 2 aromatic rings. The first-order valence-corrected chi connectivity index (χ1v) is 16.6. The molecule has 0 aromatic heterocycles.